The summed E-state index contributed by atoms with van der Waals surface area (Å²) < 4.78 is 10.1. The standard InChI is InChI=1S/C16H23NO4/c1-16(2,3)21-14(18)11-12-6-5-7-13(10-12)15(19)17-8-9-20-4/h5-7,10H,8-9,11H2,1-4H3,(H,17,19). The van der Waals surface area contributed by atoms with Gasteiger partial charge in [-0.05, 0) is 38.5 Å². The molecule has 0 aromatic heterocycles. The van der Waals surface area contributed by atoms with Crippen molar-refractivity contribution in [1.29, 1.82) is 0 Å². The summed E-state index contributed by atoms with van der Waals surface area (Å²) in [6.07, 6.45) is 0.149. The maximum Gasteiger partial charge on any atom is 0.310 e. The van der Waals surface area contributed by atoms with E-state index in [0.717, 1.165) is 5.56 Å². The zero-order chi connectivity index (χ0) is 15.9. The number of carbonyl (C=O) groups is 2. The summed E-state index contributed by atoms with van der Waals surface area (Å²) in [4.78, 5) is 23.7. The number of nitrogens with one attached hydrogen (secondary N) is 1. The molecule has 0 aliphatic rings. The van der Waals surface area contributed by atoms with Crippen molar-refractivity contribution in [3.05, 3.63) is 35.4 Å². The maximum atomic E-state index is 11.9. The minimum absolute atomic E-state index is 0.149. The molecular formula is C16H23NO4. The van der Waals surface area contributed by atoms with Crippen LogP contribution in [0.4, 0.5) is 0 Å². The van der Waals surface area contributed by atoms with Gasteiger partial charge in [-0.1, -0.05) is 12.1 Å². The Morgan fingerprint density at radius 1 is 1.24 bits per heavy atom. The van der Waals surface area contributed by atoms with Gasteiger partial charge in [-0.15, -0.1) is 0 Å². The van der Waals surface area contributed by atoms with E-state index >= 15 is 0 Å². The first-order valence-electron chi connectivity index (χ1n) is 6.90. The van der Waals surface area contributed by atoms with Crippen LogP contribution in [-0.2, 0) is 20.7 Å². The van der Waals surface area contributed by atoms with Crippen molar-refractivity contribution in [2.24, 2.45) is 0 Å². The quantitative estimate of drug-likeness (QED) is 0.643. The highest BCUT2D eigenvalue weighted by atomic mass is 16.6. The third-order valence-corrected chi connectivity index (χ3v) is 2.55. The fraction of sp³-hybridized carbons (Fsp3) is 0.500. The topological polar surface area (TPSA) is 64.6 Å². The van der Waals surface area contributed by atoms with E-state index in [0.29, 0.717) is 18.7 Å². The van der Waals surface area contributed by atoms with E-state index in [1.54, 1.807) is 31.4 Å². The summed E-state index contributed by atoms with van der Waals surface area (Å²) in [6.45, 7) is 6.38. The van der Waals surface area contributed by atoms with Gasteiger partial charge in [-0.25, -0.2) is 0 Å². The number of benzene rings is 1. The van der Waals surface area contributed by atoms with Crippen LogP contribution in [0.25, 0.3) is 0 Å². The Morgan fingerprint density at radius 3 is 2.57 bits per heavy atom. The van der Waals surface area contributed by atoms with Gasteiger partial charge in [-0.3, -0.25) is 9.59 Å². The van der Waals surface area contributed by atoms with Gasteiger partial charge in [-0.2, -0.15) is 0 Å². The van der Waals surface area contributed by atoms with E-state index in [9.17, 15) is 9.59 Å². The van der Waals surface area contributed by atoms with Crippen molar-refractivity contribution in [2.75, 3.05) is 20.3 Å². The Bertz CT molecular complexity index is 491. The molecule has 0 saturated heterocycles. The van der Waals surface area contributed by atoms with Gasteiger partial charge >= 0.3 is 5.97 Å². The summed E-state index contributed by atoms with van der Waals surface area (Å²) in [5.41, 5.74) is 0.766. The van der Waals surface area contributed by atoms with Crippen molar-refractivity contribution in [2.45, 2.75) is 32.8 Å². The second kappa shape index (κ2) is 7.78. The third-order valence-electron chi connectivity index (χ3n) is 2.55. The number of hydrogen-bond donors (Lipinski definition) is 1. The fourth-order valence-corrected chi connectivity index (χ4v) is 1.74. The second-order valence-electron chi connectivity index (χ2n) is 5.71. The van der Waals surface area contributed by atoms with Crippen LogP contribution in [0, 0.1) is 0 Å². The van der Waals surface area contributed by atoms with E-state index in [2.05, 4.69) is 5.32 Å². The minimum atomic E-state index is -0.508. The normalized spacial score (nSPS) is 11.0. The van der Waals surface area contributed by atoms with Crippen molar-refractivity contribution in [3.8, 4) is 0 Å². The molecule has 1 N–H and O–H groups in total. The molecule has 0 fully saturated rings. The van der Waals surface area contributed by atoms with E-state index in [-0.39, 0.29) is 18.3 Å². The van der Waals surface area contributed by atoms with E-state index < -0.39 is 5.60 Å². The van der Waals surface area contributed by atoms with Gasteiger partial charge in [0, 0.05) is 19.2 Å². The van der Waals surface area contributed by atoms with Gasteiger partial charge in [0.1, 0.15) is 5.60 Å². The number of rotatable bonds is 6. The lowest BCUT2D eigenvalue weighted by molar-refractivity contribution is -0.153. The summed E-state index contributed by atoms with van der Waals surface area (Å²) in [6, 6.07) is 6.97. The SMILES string of the molecule is COCCNC(=O)c1cccc(CC(=O)OC(C)(C)C)c1. The third kappa shape index (κ3) is 6.90. The molecule has 5 heteroatoms. The van der Waals surface area contributed by atoms with Crippen LogP contribution < -0.4 is 5.32 Å². The average molecular weight is 293 g/mol. The summed E-state index contributed by atoms with van der Waals surface area (Å²) >= 11 is 0. The first kappa shape index (κ1) is 17.2. The molecule has 0 radical (unpaired) electrons. The van der Waals surface area contributed by atoms with Crippen molar-refractivity contribution in [1.82, 2.24) is 5.32 Å². The molecule has 21 heavy (non-hydrogen) atoms. The smallest absolute Gasteiger partial charge is 0.310 e. The number of hydrogen-bond acceptors (Lipinski definition) is 4. The summed E-state index contributed by atoms with van der Waals surface area (Å²) in [7, 11) is 1.58. The van der Waals surface area contributed by atoms with Crippen LogP contribution in [-0.4, -0.2) is 37.7 Å². The van der Waals surface area contributed by atoms with Crippen LogP contribution in [0.15, 0.2) is 24.3 Å². The van der Waals surface area contributed by atoms with Crippen LogP contribution in [0.5, 0.6) is 0 Å². The molecule has 1 aromatic carbocycles. The number of esters is 1. The van der Waals surface area contributed by atoms with Gasteiger partial charge in [0.15, 0.2) is 0 Å². The summed E-state index contributed by atoms with van der Waals surface area (Å²) in [5, 5.41) is 2.74. The molecule has 0 unspecified atom stereocenters. The second-order valence-corrected chi connectivity index (χ2v) is 5.71. The molecule has 1 rings (SSSR count). The van der Waals surface area contributed by atoms with Crippen molar-refractivity contribution >= 4 is 11.9 Å². The minimum Gasteiger partial charge on any atom is -0.460 e. The molecule has 1 amide bonds. The lowest BCUT2D eigenvalue weighted by Crippen LogP contribution is -2.27. The monoisotopic (exact) mass is 293 g/mol. The highest BCUT2D eigenvalue weighted by Gasteiger charge is 2.17. The lowest BCUT2D eigenvalue weighted by atomic mass is 10.1. The highest BCUT2D eigenvalue weighted by Crippen LogP contribution is 2.11. The van der Waals surface area contributed by atoms with Gasteiger partial charge in [0.2, 0.25) is 0 Å². The molecule has 1 aromatic rings. The first-order valence-corrected chi connectivity index (χ1v) is 6.90. The number of carbonyl (C=O) groups excluding carboxylic acids is 2. The molecule has 5 nitrogen and oxygen atoms in total. The Morgan fingerprint density at radius 2 is 1.95 bits per heavy atom. The van der Waals surface area contributed by atoms with Gasteiger partial charge in [0.05, 0.1) is 13.0 Å². The molecule has 0 aliphatic heterocycles. The predicted molar refractivity (Wildman–Crippen MR) is 80.2 cm³/mol. The number of amides is 1. The zero-order valence-corrected chi connectivity index (χ0v) is 13.1. The van der Waals surface area contributed by atoms with Gasteiger partial charge < -0.3 is 14.8 Å². The summed E-state index contributed by atoms with van der Waals surface area (Å²) in [5.74, 6) is -0.488. The predicted octanol–water partition coefficient (Wildman–Crippen LogP) is 1.95. The van der Waals surface area contributed by atoms with Crippen molar-refractivity contribution in [3.63, 3.8) is 0 Å². The largest absolute Gasteiger partial charge is 0.460 e. The van der Waals surface area contributed by atoms with E-state index in [4.69, 9.17) is 9.47 Å². The fourth-order valence-electron chi connectivity index (χ4n) is 1.74. The molecule has 0 heterocycles. The average Bonchev–Trinajstić information content (AvgIpc) is 2.36. The Labute approximate surface area is 125 Å². The lowest BCUT2D eigenvalue weighted by Gasteiger charge is -2.19. The highest BCUT2D eigenvalue weighted by molar-refractivity contribution is 5.94. The van der Waals surface area contributed by atoms with Crippen LogP contribution in [0.3, 0.4) is 0 Å². The molecule has 0 spiro atoms. The molecule has 116 valence electrons. The van der Waals surface area contributed by atoms with Crippen LogP contribution >= 0.6 is 0 Å². The van der Waals surface area contributed by atoms with Crippen LogP contribution in [0.1, 0.15) is 36.7 Å². The first-order chi connectivity index (χ1) is 9.81. The Hall–Kier alpha value is -1.88. The molecule has 0 aliphatic carbocycles. The molecule has 0 saturated carbocycles. The number of methoxy groups -OCH3 is 1. The maximum absolute atomic E-state index is 11.9. The van der Waals surface area contributed by atoms with E-state index in [1.165, 1.54) is 0 Å². The Balaban J connectivity index is 2.63. The number of ether oxygens (including phenoxy) is 2. The molecule has 0 atom stereocenters. The van der Waals surface area contributed by atoms with E-state index in [1.807, 2.05) is 20.8 Å². The van der Waals surface area contributed by atoms with Crippen LogP contribution in [0.2, 0.25) is 0 Å². The van der Waals surface area contributed by atoms with Gasteiger partial charge in [0.25, 0.3) is 5.91 Å². The van der Waals surface area contributed by atoms with Crippen molar-refractivity contribution < 1.29 is 19.1 Å². The zero-order valence-electron chi connectivity index (χ0n) is 13.1. The Kier molecular flexibility index (Phi) is 6.37. The molecular weight excluding hydrogens is 270 g/mol. The molecule has 0 bridgehead atoms.